The maximum atomic E-state index is 13.4. The molecule has 2 aromatic rings. The molecule has 7 heteroatoms. The fourth-order valence-corrected chi connectivity index (χ4v) is 2.66. The minimum Gasteiger partial charge on any atom is -0.490 e. The summed E-state index contributed by atoms with van der Waals surface area (Å²) in [6.45, 7) is 7.60. The Labute approximate surface area is 158 Å². The van der Waals surface area contributed by atoms with Crippen LogP contribution >= 0.6 is 0 Å². The molecule has 0 atom stereocenters. The number of ether oxygens (including phenoxy) is 2. The number of H-pyrrole nitrogens is 1. The summed E-state index contributed by atoms with van der Waals surface area (Å²) in [7, 11) is 0. The molecule has 0 bridgehead atoms. The van der Waals surface area contributed by atoms with Gasteiger partial charge in [0.25, 0.3) is 5.91 Å². The summed E-state index contributed by atoms with van der Waals surface area (Å²) in [5, 5.41) is 2.76. The SMILES string of the molecule is Cc1[nH]c(C(=O)NCCCOc2ccccc2F)c(C)c1C(=O)OC(C)C. The zero-order valence-corrected chi connectivity index (χ0v) is 16.0. The van der Waals surface area contributed by atoms with E-state index < -0.39 is 11.8 Å². The normalized spacial score (nSPS) is 10.7. The molecule has 0 aliphatic heterocycles. The van der Waals surface area contributed by atoms with E-state index in [1.54, 1.807) is 45.9 Å². The van der Waals surface area contributed by atoms with E-state index in [1.807, 2.05) is 0 Å². The number of para-hydroxylation sites is 1. The number of carbonyl (C=O) groups is 2. The van der Waals surface area contributed by atoms with E-state index in [2.05, 4.69) is 10.3 Å². The van der Waals surface area contributed by atoms with Crippen LogP contribution in [0.1, 0.15) is 52.4 Å². The lowest BCUT2D eigenvalue weighted by atomic mass is 10.1. The van der Waals surface area contributed by atoms with Crippen molar-refractivity contribution in [1.82, 2.24) is 10.3 Å². The van der Waals surface area contributed by atoms with Crippen LogP contribution in [0, 0.1) is 19.7 Å². The molecule has 0 fully saturated rings. The highest BCUT2D eigenvalue weighted by Gasteiger charge is 2.23. The van der Waals surface area contributed by atoms with Crippen molar-refractivity contribution in [3.63, 3.8) is 0 Å². The number of hydrogen-bond acceptors (Lipinski definition) is 4. The van der Waals surface area contributed by atoms with Crippen LogP contribution in [0.2, 0.25) is 0 Å². The van der Waals surface area contributed by atoms with Crippen molar-refractivity contribution in [3.05, 3.63) is 52.6 Å². The van der Waals surface area contributed by atoms with Gasteiger partial charge in [0.2, 0.25) is 0 Å². The molecule has 0 saturated carbocycles. The zero-order chi connectivity index (χ0) is 20.0. The van der Waals surface area contributed by atoms with Crippen molar-refractivity contribution in [2.24, 2.45) is 0 Å². The molecular formula is C20H25FN2O4. The van der Waals surface area contributed by atoms with Crippen LogP contribution in [0.4, 0.5) is 4.39 Å². The van der Waals surface area contributed by atoms with Gasteiger partial charge in [-0.05, 0) is 51.8 Å². The average molecular weight is 376 g/mol. The number of nitrogens with one attached hydrogen (secondary N) is 2. The van der Waals surface area contributed by atoms with Gasteiger partial charge in [-0.3, -0.25) is 4.79 Å². The number of benzene rings is 1. The summed E-state index contributed by atoms with van der Waals surface area (Å²) in [5.41, 5.74) is 1.86. The smallest absolute Gasteiger partial charge is 0.340 e. The number of aromatic amines is 1. The first-order valence-corrected chi connectivity index (χ1v) is 8.87. The lowest BCUT2D eigenvalue weighted by Crippen LogP contribution is -2.26. The second-order valence-corrected chi connectivity index (χ2v) is 6.47. The second kappa shape index (κ2) is 9.21. The number of hydrogen-bond donors (Lipinski definition) is 2. The Hall–Kier alpha value is -2.83. The van der Waals surface area contributed by atoms with Crippen LogP contribution in [0.15, 0.2) is 24.3 Å². The molecule has 146 valence electrons. The predicted octanol–water partition coefficient (Wildman–Crippen LogP) is 3.53. The predicted molar refractivity (Wildman–Crippen MR) is 99.7 cm³/mol. The molecule has 2 rings (SSSR count). The monoisotopic (exact) mass is 376 g/mol. The Morgan fingerprint density at radius 3 is 2.59 bits per heavy atom. The van der Waals surface area contributed by atoms with E-state index in [4.69, 9.17) is 9.47 Å². The van der Waals surface area contributed by atoms with Gasteiger partial charge in [-0.2, -0.15) is 0 Å². The van der Waals surface area contributed by atoms with E-state index in [0.717, 1.165) is 0 Å². The quantitative estimate of drug-likeness (QED) is 0.546. The van der Waals surface area contributed by atoms with Crippen molar-refractivity contribution < 1.29 is 23.5 Å². The van der Waals surface area contributed by atoms with Crippen molar-refractivity contribution >= 4 is 11.9 Å². The Bertz CT molecular complexity index is 814. The highest BCUT2D eigenvalue weighted by Crippen LogP contribution is 2.20. The van der Waals surface area contributed by atoms with Crippen LogP contribution in [-0.2, 0) is 4.74 Å². The molecule has 0 saturated heterocycles. The molecule has 0 spiro atoms. The first kappa shape index (κ1) is 20.5. The fraction of sp³-hybridized carbons (Fsp3) is 0.400. The highest BCUT2D eigenvalue weighted by atomic mass is 19.1. The van der Waals surface area contributed by atoms with Gasteiger partial charge in [-0.1, -0.05) is 12.1 Å². The van der Waals surface area contributed by atoms with Crippen molar-refractivity contribution in [1.29, 1.82) is 0 Å². The summed E-state index contributed by atoms with van der Waals surface area (Å²) in [6.07, 6.45) is 0.277. The van der Waals surface area contributed by atoms with Gasteiger partial charge in [0.05, 0.1) is 18.3 Å². The zero-order valence-electron chi connectivity index (χ0n) is 16.0. The summed E-state index contributed by atoms with van der Waals surface area (Å²) < 4.78 is 24.0. The lowest BCUT2D eigenvalue weighted by molar-refractivity contribution is 0.0376. The molecule has 1 heterocycles. The molecule has 1 aromatic heterocycles. The summed E-state index contributed by atoms with van der Waals surface area (Å²) in [5.74, 6) is -0.994. The van der Waals surface area contributed by atoms with Gasteiger partial charge in [0.1, 0.15) is 5.69 Å². The minimum absolute atomic E-state index is 0.188. The van der Waals surface area contributed by atoms with Gasteiger partial charge in [-0.15, -0.1) is 0 Å². The summed E-state index contributed by atoms with van der Waals surface area (Å²) in [6, 6.07) is 6.17. The number of esters is 1. The van der Waals surface area contributed by atoms with Crippen molar-refractivity contribution in [3.8, 4) is 5.75 Å². The third-order valence-electron chi connectivity index (χ3n) is 3.91. The molecule has 1 aromatic carbocycles. The Balaban J connectivity index is 1.87. The molecule has 0 aliphatic carbocycles. The molecule has 0 aliphatic rings. The summed E-state index contributed by atoms with van der Waals surface area (Å²) >= 11 is 0. The molecule has 6 nitrogen and oxygen atoms in total. The molecule has 1 amide bonds. The first-order chi connectivity index (χ1) is 12.8. The fourth-order valence-electron chi connectivity index (χ4n) is 2.66. The largest absolute Gasteiger partial charge is 0.490 e. The Morgan fingerprint density at radius 1 is 1.22 bits per heavy atom. The van der Waals surface area contributed by atoms with Gasteiger partial charge < -0.3 is 19.8 Å². The highest BCUT2D eigenvalue weighted by molar-refractivity contribution is 6.00. The lowest BCUT2D eigenvalue weighted by Gasteiger charge is -2.09. The molecular weight excluding hydrogens is 351 g/mol. The van der Waals surface area contributed by atoms with Crippen LogP contribution in [0.5, 0.6) is 5.75 Å². The standard InChI is InChI=1S/C20H25FN2O4/c1-12(2)27-20(25)17-13(3)18(23-14(17)4)19(24)22-10-7-11-26-16-9-6-5-8-15(16)21/h5-6,8-9,12,23H,7,10-11H2,1-4H3,(H,22,24). The minimum atomic E-state index is -0.450. The Kier molecular flexibility index (Phi) is 6.98. The van der Waals surface area contributed by atoms with Crippen LogP contribution < -0.4 is 10.1 Å². The van der Waals surface area contributed by atoms with Gasteiger partial charge >= 0.3 is 5.97 Å². The number of amides is 1. The van der Waals surface area contributed by atoms with Gasteiger partial charge in [0, 0.05) is 12.2 Å². The molecule has 0 unspecified atom stereocenters. The van der Waals surface area contributed by atoms with Crippen LogP contribution in [-0.4, -0.2) is 36.1 Å². The maximum absolute atomic E-state index is 13.4. The van der Waals surface area contributed by atoms with E-state index in [9.17, 15) is 14.0 Å². The maximum Gasteiger partial charge on any atom is 0.340 e. The second-order valence-electron chi connectivity index (χ2n) is 6.47. The first-order valence-electron chi connectivity index (χ1n) is 8.87. The van der Waals surface area contributed by atoms with Crippen molar-refractivity contribution in [2.75, 3.05) is 13.2 Å². The van der Waals surface area contributed by atoms with Crippen molar-refractivity contribution in [2.45, 2.75) is 40.2 Å². The van der Waals surface area contributed by atoms with Gasteiger partial charge in [0.15, 0.2) is 11.6 Å². The van der Waals surface area contributed by atoms with Crippen LogP contribution in [0.3, 0.4) is 0 Å². The number of aryl methyl sites for hydroxylation is 1. The number of rotatable bonds is 8. The van der Waals surface area contributed by atoms with Crippen LogP contribution in [0.25, 0.3) is 0 Å². The van der Waals surface area contributed by atoms with E-state index in [0.29, 0.717) is 35.5 Å². The number of halogens is 1. The van der Waals surface area contributed by atoms with E-state index >= 15 is 0 Å². The molecule has 0 radical (unpaired) electrons. The topological polar surface area (TPSA) is 80.4 Å². The van der Waals surface area contributed by atoms with Gasteiger partial charge in [-0.25, -0.2) is 9.18 Å². The third-order valence-corrected chi connectivity index (χ3v) is 3.91. The number of aromatic nitrogens is 1. The number of carbonyl (C=O) groups excluding carboxylic acids is 2. The molecule has 27 heavy (non-hydrogen) atoms. The molecule has 2 N–H and O–H groups in total. The van der Waals surface area contributed by atoms with E-state index in [-0.39, 0.29) is 24.4 Å². The Morgan fingerprint density at radius 2 is 1.93 bits per heavy atom. The summed E-state index contributed by atoms with van der Waals surface area (Å²) in [4.78, 5) is 27.5. The van der Waals surface area contributed by atoms with E-state index in [1.165, 1.54) is 6.07 Å². The average Bonchev–Trinajstić information content (AvgIpc) is 2.90. The third kappa shape index (κ3) is 5.32.